The molecule has 4 aromatic carbocycles. The first-order valence-electron chi connectivity index (χ1n) is 14.2. The monoisotopic (exact) mass is 578 g/mol. The molecular weight excluding hydrogens is 547 g/mol. The highest BCUT2D eigenvalue weighted by Gasteiger charge is 2.73. The molecule has 2 aliphatic heterocycles. The molecule has 1 fully saturated rings. The van der Waals surface area contributed by atoms with Crippen LogP contribution in [0.15, 0.2) is 109 Å². The molecule has 0 unspecified atom stereocenters. The van der Waals surface area contributed by atoms with Gasteiger partial charge in [0.2, 0.25) is 5.91 Å². The topological polar surface area (TPSA) is 76.2 Å². The minimum atomic E-state index is -1.62. The lowest BCUT2D eigenvalue weighted by Crippen LogP contribution is -2.51. The summed E-state index contributed by atoms with van der Waals surface area (Å²) in [6, 6.07) is 29.8. The van der Waals surface area contributed by atoms with Gasteiger partial charge in [-0.05, 0) is 47.9 Å². The van der Waals surface area contributed by atoms with Gasteiger partial charge < -0.3 is 19.3 Å². The number of hydrogen-bond donors (Lipinski definition) is 0. The van der Waals surface area contributed by atoms with Gasteiger partial charge in [-0.3, -0.25) is 9.59 Å². The second-order valence-corrected chi connectivity index (χ2v) is 10.7. The Balaban J connectivity index is 1.69. The van der Waals surface area contributed by atoms with Crippen molar-refractivity contribution in [1.82, 2.24) is 0 Å². The van der Waals surface area contributed by atoms with Crippen LogP contribution in [0, 0.1) is 11.7 Å². The maximum atomic E-state index is 15.2. The van der Waals surface area contributed by atoms with E-state index in [1.165, 1.54) is 19.2 Å². The van der Waals surface area contributed by atoms with E-state index in [0.717, 1.165) is 5.56 Å². The first-order chi connectivity index (χ1) is 20.9. The molecule has 1 saturated heterocycles. The van der Waals surface area contributed by atoms with Gasteiger partial charge in [0.15, 0.2) is 0 Å². The molecule has 6 rings (SSSR count). The number of methoxy groups -OCH3 is 1. The summed E-state index contributed by atoms with van der Waals surface area (Å²) in [5.74, 6) is -3.63. The lowest BCUT2D eigenvalue weighted by molar-refractivity contribution is -0.157. The minimum Gasteiger partial charge on any atom is -0.469 e. The summed E-state index contributed by atoms with van der Waals surface area (Å²) in [5, 5.41) is 0. The van der Waals surface area contributed by atoms with E-state index in [2.05, 4.69) is 0 Å². The Morgan fingerprint density at radius 1 is 0.860 bits per heavy atom. The van der Waals surface area contributed by atoms with Crippen LogP contribution >= 0.6 is 0 Å². The predicted molar refractivity (Wildman–Crippen MR) is 160 cm³/mol. The summed E-state index contributed by atoms with van der Waals surface area (Å²) in [5.41, 5.74) is 1.52. The molecule has 1 amide bonds. The highest BCUT2D eigenvalue weighted by atomic mass is 19.1. The Labute approximate surface area is 249 Å². The van der Waals surface area contributed by atoms with Gasteiger partial charge in [-0.1, -0.05) is 84.9 Å². The standard InChI is InChI=1S/C35H31FN2O5/c1-3-43-33(40)30-29(32(39)42-2)35(31(24-15-8-5-9-16-24)38(30)26-18-12-17-25(36)21-26)27-19-10-11-20-28(27)37(34(35)41)22-23-13-6-4-7-14-23/h4-21,29-31H,3,22H2,1-2H3/t29-,30-,31+,35-/m0/s1. The van der Waals surface area contributed by atoms with E-state index < -0.39 is 41.2 Å². The van der Waals surface area contributed by atoms with Crippen molar-refractivity contribution in [1.29, 1.82) is 0 Å². The molecule has 2 aliphatic rings. The van der Waals surface area contributed by atoms with Crippen LogP contribution < -0.4 is 9.80 Å². The number of benzene rings is 4. The molecule has 0 aliphatic carbocycles. The van der Waals surface area contributed by atoms with Crippen molar-refractivity contribution >= 4 is 29.2 Å². The van der Waals surface area contributed by atoms with Crippen LogP contribution in [0.1, 0.15) is 29.7 Å². The van der Waals surface area contributed by atoms with Crippen LogP contribution in [-0.2, 0) is 35.8 Å². The number of esters is 2. The summed E-state index contributed by atoms with van der Waals surface area (Å²) in [6.07, 6.45) is 0. The quantitative estimate of drug-likeness (QED) is 0.266. The van der Waals surface area contributed by atoms with Crippen LogP contribution in [0.25, 0.3) is 0 Å². The van der Waals surface area contributed by atoms with Gasteiger partial charge in [-0.25, -0.2) is 9.18 Å². The molecule has 0 N–H and O–H groups in total. The number of halogens is 1. The number of fused-ring (bicyclic) bond motifs is 2. The largest absolute Gasteiger partial charge is 0.469 e. The zero-order valence-corrected chi connectivity index (χ0v) is 23.9. The van der Waals surface area contributed by atoms with E-state index in [4.69, 9.17) is 9.47 Å². The Kier molecular flexibility index (Phi) is 7.44. The van der Waals surface area contributed by atoms with Crippen LogP contribution in [0.3, 0.4) is 0 Å². The van der Waals surface area contributed by atoms with E-state index in [1.54, 1.807) is 28.9 Å². The molecule has 1 spiro atoms. The van der Waals surface area contributed by atoms with Gasteiger partial charge in [0.1, 0.15) is 23.2 Å². The Morgan fingerprint density at radius 2 is 1.53 bits per heavy atom. The molecule has 0 saturated carbocycles. The summed E-state index contributed by atoms with van der Waals surface area (Å²) in [4.78, 5) is 46.6. The molecule has 0 bridgehead atoms. The van der Waals surface area contributed by atoms with Gasteiger partial charge in [0.05, 0.1) is 26.3 Å². The lowest BCUT2D eigenvalue weighted by atomic mass is 9.65. The molecule has 218 valence electrons. The molecule has 0 aromatic heterocycles. The van der Waals surface area contributed by atoms with Gasteiger partial charge in [-0.15, -0.1) is 0 Å². The normalized spacial score (nSPS) is 22.5. The van der Waals surface area contributed by atoms with Gasteiger partial charge in [0, 0.05) is 11.4 Å². The summed E-state index contributed by atoms with van der Waals surface area (Å²) in [6.45, 7) is 1.97. The Bertz CT molecular complexity index is 1660. The first kappa shape index (κ1) is 28.2. The third-order valence-corrected chi connectivity index (χ3v) is 8.44. The third kappa shape index (κ3) is 4.45. The molecule has 4 aromatic rings. The molecule has 0 radical (unpaired) electrons. The van der Waals surface area contributed by atoms with Crippen molar-refractivity contribution in [2.75, 3.05) is 23.5 Å². The highest BCUT2D eigenvalue weighted by molar-refractivity contribution is 6.13. The number of amides is 1. The maximum Gasteiger partial charge on any atom is 0.329 e. The number of rotatable bonds is 7. The minimum absolute atomic E-state index is 0.0495. The SMILES string of the molecule is CCOC(=O)[C@@H]1[C@@H](C(=O)OC)[C@]2(C(=O)N(Cc3ccccc3)c3ccccc32)[C@@H](c2ccccc2)N1c1cccc(F)c1. The molecule has 2 heterocycles. The van der Waals surface area contributed by atoms with Crippen molar-refractivity contribution in [2.45, 2.75) is 31.0 Å². The van der Waals surface area contributed by atoms with E-state index in [0.29, 0.717) is 22.5 Å². The number of carbonyl (C=O) groups is 3. The van der Waals surface area contributed by atoms with Crippen LogP contribution in [0.4, 0.5) is 15.8 Å². The molecule has 8 heteroatoms. The Morgan fingerprint density at radius 3 is 2.21 bits per heavy atom. The van der Waals surface area contributed by atoms with E-state index >= 15 is 4.79 Å². The number of nitrogens with zero attached hydrogens (tertiary/aromatic N) is 2. The lowest BCUT2D eigenvalue weighted by Gasteiger charge is -2.37. The first-order valence-corrected chi connectivity index (χ1v) is 14.2. The number of anilines is 2. The van der Waals surface area contributed by atoms with Crippen molar-refractivity contribution in [3.63, 3.8) is 0 Å². The Hall–Kier alpha value is -4.98. The molecule has 4 atom stereocenters. The highest BCUT2D eigenvalue weighted by Crippen LogP contribution is 2.62. The van der Waals surface area contributed by atoms with Crippen LogP contribution in [0.5, 0.6) is 0 Å². The van der Waals surface area contributed by atoms with Gasteiger partial charge >= 0.3 is 11.9 Å². The van der Waals surface area contributed by atoms with Gasteiger partial charge in [-0.2, -0.15) is 0 Å². The number of ether oxygens (including phenoxy) is 2. The molecule has 7 nitrogen and oxygen atoms in total. The van der Waals surface area contributed by atoms with Gasteiger partial charge in [0.25, 0.3) is 0 Å². The zero-order chi connectivity index (χ0) is 30.1. The molecular formula is C35H31FN2O5. The second-order valence-electron chi connectivity index (χ2n) is 10.7. The number of carbonyl (C=O) groups excluding carboxylic acids is 3. The van der Waals surface area contributed by atoms with Crippen LogP contribution in [0.2, 0.25) is 0 Å². The fourth-order valence-corrected chi connectivity index (χ4v) is 6.88. The number of para-hydroxylation sites is 1. The molecule has 43 heavy (non-hydrogen) atoms. The number of hydrogen-bond acceptors (Lipinski definition) is 6. The summed E-state index contributed by atoms with van der Waals surface area (Å²) < 4.78 is 25.8. The smallest absolute Gasteiger partial charge is 0.329 e. The van der Waals surface area contributed by atoms with Crippen molar-refractivity contribution in [2.24, 2.45) is 5.92 Å². The van der Waals surface area contributed by atoms with Crippen LogP contribution in [-0.4, -0.2) is 37.6 Å². The summed E-state index contributed by atoms with van der Waals surface area (Å²) in [7, 11) is 1.24. The summed E-state index contributed by atoms with van der Waals surface area (Å²) >= 11 is 0. The fourth-order valence-electron chi connectivity index (χ4n) is 6.88. The average Bonchev–Trinajstić information content (AvgIpc) is 3.48. The zero-order valence-electron chi connectivity index (χ0n) is 23.9. The maximum absolute atomic E-state index is 15.2. The van der Waals surface area contributed by atoms with Crippen molar-refractivity contribution in [3.8, 4) is 0 Å². The third-order valence-electron chi connectivity index (χ3n) is 8.44. The predicted octanol–water partition coefficient (Wildman–Crippen LogP) is 5.59. The second kappa shape index (κ2) is 11.4. The van der Waals surface area contributed by atoms with E-state index in [9.17, 15) is 14.0 Å². The van der Waals surface area contributed by atoms with E-state index in [-0.39, 0.29) is 19.1 Å². The fraction of sp³-hybridized carbons (Fsp3) is 0.229. The van der Waals surface area contributed by atoms with Crippen molar-refractivity contribution in [3.05, 3.63) is 132 Å². The van der Waals surface area contributed by atoms with Crippen molar-refractivity contribution < 1.29 is 28.2 Å². The average molecular weight is 579 g/mol. The van der Waals surface area contributed by atoms with E-state index in [1.807, 2.05) is 84.9 Å².